The Morgan fingerprint density at radius 2 is 2.03 bits per heavy atom. The lowest BCUT2D eigenvalue weighted by Crippen LogP contribution is -2.37. The zero-order valence-corrected chi connectivity index (χ0v) is 20.0. The lowest BCUT2D eigenvalue weighted by Gasteiger charge is -2.26. The summed E-state index contributed by atoms with van der Waals surface area (Å²) in [5.74, 6) is 2.43. The second-order valence-corrected chi connectivity index (χ2v) is 8.87. The van der Waals surface area contributed by atoms with E-state index in [1.54, 1.807) is 12.1 Å². The molecule has 0 spiro atoms. The highest BCUT2D eigenvalue weighted by atomic mass is 16.5. The van der Waals surface area contributed by atoms with E-state index < -0.39 is 5.97 Å². The molecule has 0 unspecified atom stereocenters. The summed E-state index contributed by atoms with van der Waals surface area (Å²) in [6.45, 7) is 9.09. The number of carboxylic acid groups (broad SMARTS) is 1. The predicted molar refractivity (Wildman–Crippen MR) is 136 cm³/mol. The molecule has 0 radical (unpaired) electrons. The molecule has 0 atom stereocenters. The zero-order valence-electron chi connectivity index (χ0n) is 20.0. The molecule has 0 aliphatic carbocycles. The smallest absolute Gasteiger partial charge is 0.144 e. The van der Waals surface area contributed by atoms with Crippen LogP contribution >= 0.6 is 0 Å². The lowest BCUT2D eigenvalue weighted by atomic mass is 10.0. The summed E-state index contributed by atoms with van der Waals surface area (Å²) < 4.78 is 11.4. The highest BCUT2D eigenvalue weighted by Crippen LogP contribution is 2.39. The van der Waals surface area contributed by atoms with Gasteiger partial charge in [0.2, 0.25) is 0 Å². The Morgan fingerprint density at radius 3 is 2.81 bits per heavy atom. The molecule has 1 saturated heterocycles. The Bertz CT molecular complexity index is 1360. The van der Waals surface area contributed by atoms with E-state index in [9.17, 15) is 9.90 Å². The second kappa shape index (κ2) is 10.4. The number of aromatic nitrogens is 2. The van der Waals surface area contributed by atoms with E-state index in [-0.39, 0.29) is 5.57 Å². The molecule has 5 rings (SSSR count). The van der Waals surface area contributed by atoms with Crippen LogP contribution in [0.3, 0.4) is 0 Å². The van der Waals surface area contributed by atoms with Crippen LogP contribution in [0, 0.1) is 12.3 Å². The van der Waals surface area contributed by atoms with Crippen LogP contribution in [-0.2, 0) is 16.0 Å². The number of hydrogen-bond acceptors (Lipinski definition) is 8. The molecule has 3 heterocycles. The fourth-order valence-electron chi connectivity index (χ4n) is 4.73. The van der Waals surface area contributed by atoms with Gasteiger partial charge >= 0.3 is 0 Å². The van der Waals surface area contributed by atoms with Crippen LogP contribution in [0.1, 0.15) is 23.1 Å². The average molecular weight is 484 g/mol. The zero-order chi connectivity index (χ0) is 25.1. The Hall–Kier alpha value is -3.93. The maximum absolute atomic E-state index is 11.8. The molecular formula is C28H27N4O4-. The van der Waals surface area contributed by atoms with Crippen molar-refractivity contribution in [2.75, 3.05) is 50.9 Å². The normalized spacial score (nSPS) is 15.5. The van der Waals surface area contributed by atoms with E-state index in [0.29, 0.717) is 34.6 Å². The third-order valence-electron chi connectivity index (χ3n) is 6.67. The summed E-state index contributed by atoms with van der Waals surface area (Å²) in [6.07, 6.45) is 8.79. The summed E-state index contributed by atoms with van der Waals surface area (Å²) in [5.41, 5.74) is 3.83. The number of terminal acetylenes is 1. The number of ether oxygens (including phenoxy) is 2. The summed E-state index contributed by atoms with van der Waals surface area (Å²) in [7, 11) is 0. The molecule has 1 aromatic heterocycles. The fourth-order valence-corrected chi connectivity index (χ4v) is 4.73. The highest BCUT2D eigenvalue weighted by Gasteiger charge is 2.24. The van der Waals surface area contributed by atoms with E-state index in [1.807, 2.05) is 18.2 Å². The minimum Gasteiger partial charge on any atom is -0.545 e. The van der Waals surface area contributed by atoms with E-state index in [4.69, 9.17) is 15.9 Å². The number of aliphatic carboxylic acids is 1. The molecule has 0 amide bonds. The molecule has 2 aliphatic rings. The van der Waals surface area contributed by atoms with Crippen LogP contribution < -0.4 is 14.7 Å². The van der Waals surface area contributed by atoms with E-state index in [0.717, 1.165) is 63.5 Å². The number of morpholine rings is 1. The number of fused-ring (bicyclic) bond motifs is 2. The van der Waals surface area contributed by atoms with Gasteiger partial charge in [-0.05, 0) is 36.6 Å². The van der Waals surface area contributed by atoms with Gasteiger partial charge in [-0.25, -0.2) is 9.97 Å². The number of hydrogen-bond donors (Lipinski definition) is 0. The van der Waals surface area contributed by atoms with Crippen molar-refractivity contribution >= 4 is 34.0 Å². The Labute approximate surface area is 210 Å². The quantitative estimate of drug-likeness (QED) is 0.274. The molecule has 36 heavy (non-hydrogen) atoms. The van der Waals surface area contributed by atoms with Crippen molar-refractivity contribution < 1.29 is 19.4 Å². The SMILES string of the molecule is C#Cc1ccc2c(c1)N(c1ncnc3cc(OCCCN4CCOCC4)c(C(=C)C(=O)[O-])cc13)CC2. The molecule has 0 bridgehead atoms. The van der Waals surface area contributed by atoms with Gasteiger partial charge in [0.15, 0.2) is 0 Å². The molecule has 3 aromatic rings. The minimum atomic E-state index is -1.35. The number of rotatable bonds is 8. The van der Waals surface area contributed by atoms with Gasteiger partial charge in [0.25, 0.3) is 0 Å². The summed E-state index contributed by atoms with van der Waals surface area (Å²) in [4.78, 5) is 25.2. The monoisotopic (exact) mass is 483 g/mol. The number of carbonyl (C=O) groups excluding carboxylic acids is 1. The largest absolute Gasteiger partial charge is 0.545 e. The van der Waals surface area contributed by atoms with Gasteiger partial charge in [-0.3, -0.25) is 4.90 Å². The standard InChI is InChI=1S/C28H28N4O4/c1-3-20-5-6-21-7-9-32(25(21)15-20)27-23-16-22(19(2)28(33)34)26(17-24(23)29-18-30-27)36-12-4-8-31-10-13-35-14-11-31/h1,5-6,15-18H,2,4,7-14H2,(H,33,34)/p-1. The van der Waals surface area contributed by atoms with Crippen LogP contribution in [0.4, 0.5) is 11.5 Å². The van der Waals surface area contributed by atoms with Crippen molar-refractivity contribution in [2.24, 2.45) is 0 Å². The van der Waals surface area contributed by atoms with Gasteiger partial charge in [0.05, 0.1) is 31.3 Å². The first-order valence-corrected chi connectivity index (χ1v) is 12.0. The van der Waals surface area contributed by atoms with E-state index in [2.05, 4.69) is 32.3 Å². The van der Waals surface area contributed by atoms with Gasteiger partial charge < -0.3 is 24.3 Å². The van der Waals surface area contributed by atoms with Gasteiger partial charge in [0, 0.05) is 60.0 Å². The molecule has 1 fully saturated rings. The van der Waals surface area contributed by atoms with Crippen molar-refractivity contribution in [3.05, 3.63) is 59.9 Å². The number of nitrogens with zero attached hydrogens (tertiary/aromatic N) is 4. The maximum Gasteiger partial charge on any atom is 0.144 e. The Morgan fingerprint density at radius 1 is 1.19 bits per heavy atom. The molecule has 0 saturated carbocycles. The van der Waals surface area contributed by atoms with E-state index >= 15 is 0 Å². The first kappa shape index (κ1) is 23.8. The first-order valence-electron chi connectivity index (χ1n) is 12.0. The third kappa shape index (κ3) is 4.76. The number of carboxylic acids is 1. The minimum absolute atomic E-state index is 0.147. The molecule has 2 aromatic carbocycles. The Kier molecular flexibility index (Phi) is 6.85. The highest BCUT2D eigenvalue weighted by molar-refractivity contribution is 6.15. The molecule has 184 valence electrons. The van der Waals surface area contributed by atoms with Gasteiger partial charge in [-0.2, -0.15) is 0 Å². The first-order chi connectivity index (χ1) is 17.5. The molecule has 2 aliphatic heterocycles. The number of benzene rings is 2. The number of carbonyl (C=O) groups is 1. The average Bonchev–Trinajstić information content (AvgIpc) is 3.33. The van der Waals surface area contributed by atoms with Gasteiger partial charge in [0.1, 0.15) is 17.9 Å². The van der Waals surface area contributed by atoms with Crippen molar-refractivity contribution in [1.82, 2.24) is 14.9 Å². The lowest BCUT2D eigenvalue weighted by molar-refractivity contribution is -0.295. The fraction of sp³-hybridized carbons (Fsp3) is 0.321. The molecule has 0 N–H and O–H groups in total. The van der Waals surface area contributed by atoms with Crippen molar-refractivity contribution in [1.29, 1.82) is 0 Å². The van der Waals surface area contributed by atoms with Gasteiger partial charge in [-0.15, -0.1) is 6.42 Å². The van der Waals surface area contributed by atoms with Crippen LogP contribution in [0.2, 0.25) is 0 Å². The second-order valence-electron chi connectivity index (χ2n) is 8.87. The molecular weight excluding hydrogens is 456 g/mol. The summed E-state index contributed by atoms with van der Waals surface area (Å²) in [5, 5.41) is 12.5. The van der Waals surface area contributed by atoms with E-state index in [1.165, 1.54) is 11.9 Å². The van der Waals surface area contributed by atoms with Crippen molar-refractivity contribution in [3.63, 3.8) is 0 Å². The van der Waals surface area contributed by atoms with Crippen molar-refractivity contribution in [2.45, 2.75) is 12.8 Å². The number of anilines is 2. The van der Waals surface area contributed by atoms with Gasteiger partial charge in [-0.1, -0.05) is 18.6 Å². The predicted octanol–water partition coefficient (Wildman–Crippen LogP) is 2.17. The third-order valence-corrected chi connectivity index (χ3v) is 6.67. The Balaban J connectivity index is 1.46. The topological polar surface area (TPSA) is 90.8 Å². The van der Waals surface area contributed by atoms with Crippen LogP contribution in [0.5, 0.6) is 5.75 Å². The summed E-state index contributed by atoms with van der Waals surface area (Å²) in [6, 6.07) is 9.45. The molecule has 8 heteroatoms. The van der Waals surface area contributed by atoms with Crippen LogP contribution in [0.15, 0.2) is 43.2 Å². The summed E-state index contributed by atoms with van der Waals surface area (Å²) >= 11 is 0. The molecule has 8 nitrogen and oxygen atoms in total. The van der Waals surface area contributed by atoms with Crippen molar-refractivity contribution in [3.8, 4) is 18.1 Å². The van der Waals surface area contributed by atoms with Crippen LogP contribution in [0.25, 0.3) is 16.5 Å². The maximum atomic E-state index is 11.8. The van der Waals surface area contributed by atoms with Crippen LogP contribution in [-0.4, -0.2) is 66.8 Å².